The number of carbonyl (C=O) groups excluding carboxylic acids is 1. The molecule has 1 aromatic heterocycles. The molecule has 0 amide bonds. The molecule has 1 aromatic rings. The van der Waals surface area contributed by atoms with E-state index in [9.17, 15) is 4.79 Å². The lowest BCUT2D eigenvalue weighted by molar-refractivity contribution is -0.145. The summed E-state index contributed by atoms with van der Waals surface area (Å²) in [7, 11) is 0. The Morgan fingerprint density at radius 1 is 1.53 bits per heavy atom. The number of carbonyl (C=O) groups is 1. The predicted octanol–water partition coefficient (Wildman–Crippen LogP) is 2.45. The number of rotatable bonds is 4. The van der Waals surface area contributed by atoms with Crippen LogP contribution >= 0.6 is 0 Å². The third-order valence-corrected chi connectivity index (χ3v) is 2.42. The van der Waals surface area contributed by atoms with Gasteiger partial charge in [-0.05, 0) is 37.5 Å². The lowest BCUT2D eigenvalue weighted by Crippen LogP contribution is -2.16. The van der Waals surface area contributed by atoms with E-state index in [1.165, 1.54) is 0 Å². The molecule has 0 fully saturated rings. The summed E-state index contributed by atoms with van der Waals surface area (Å²) in [5.74, 6) is -0.303. The average Bonchev–Trinajstić information content (AvgIpc) is 2.22. The topological polar surface area (TPSA) is 39.2 Å². The van der Waals surface area contributed by atoms with Gasteiger partial charge in [-0.2, -0.15) is 0 Å². The van der Waals surface area contributed by atoms with Crippen LogP contribution in [0, 0.1) is 6.92 Å². The van der Waals surface area contributed by atoms with Crippen molar-refractivity contribution in [3.8, 4) is 0 Å². The SMILES string of the molecule is CCOC(=O)C(CC)c1ccncc1C. The second-order valence-electron chi connectivity index (χ2n) is 3.45. The third-order valence-electron chi connectivity index (χ3n) is 2.42. The monoisotopic (exact) mass is 207 g/mol. The molecule has 0 saturated carbocycles. The lowest BCUT2D eigenvalue weighted by atomic mass is 9.94. The highest BCUT2D eigenvalue weighted by atomic mass is 16.5. The molecule has 3 heteroatoms. The second-order valence-corrected chi connectivity index (χ2v) is 3.45. The van der Waals surface area contributed by atoms with Gasteiger partial charge in [-0.3, -0.25) is 9.78 Å². The summed E-state index contributed by atoms with van der Waals surface area (Å²) in [6.07, 6.45) is 4.24. The van der Waals surface area contributed by atoms with E-state index in [4.69, 9.17) is 4.74 Å². The Hall–Kier alpha value is -1.38. The summed E-state index contributed by atoms with van der Waals surface area (Å²) in [4.78, 5) is 15.7. The van der Waals surface area contributed by atoms with E-state index in [0.717, 1.165) is 17.5 Å². The van der Waals surface area contributed by atoms with Gasteiger partial charge in [0.25, 0.3) is 0 Å². The number of pyridine rings is 1. The van der Waals surface area contributed by atoms with Crippen molar-refractivity contribution in [1.82, 2.24) is 4.98 Å². The van der Waals surface area contributed by atoms with Crippen LogP contribution in [0.25, 0.3) is 0 Å². The van der Waals surface area contributed by atoms with Crippen LogP contribution in [0.3, 0.4) is 0 Å². The lowest BCUT2D eigenvalue weighted by Gasteiger charge is -2.15. The first-order valence-electron chi connectivity index (χ1n) is 5.27. The van der Waals surface area contributed by atoms with Gasteiger partial charge in [0.1, 0.15) is 0 Å². The molecule has 0 aromatic carbocycles. The summed E-state index contributed by atoms with van der Waals surface area (Å²) in [5, 5.41) is 0. The Balaban J connectivity index is 2.92. The van der Waals surface area contributed by atoms with Crippen molar-refractivity contribution in [1.29, 1.82) is 0 Å². The van der Waals surface area contributed by atoms with Gasteiger partial charge in [-0.25, -0.2) is 0 Å². The summed E-state index contributed by atoms with van der Waals surface area (Å²) in [6, 6.07) is 1.89. The van der Waals surface area contributed by atoms with Crippen LogP contribution in [-0.2, 0) is 9.53 Å². The minimum atomic E-state index is -0.159. The van der Waals surface area contributed by atoms with E-state index in [1.54, 1.807) is 12.4 Å². The predicted molar refractivity (Wildman–Crippen MR) is 58.6 cm³/mol. The van der Waals surface area contributed by atoms with E-state index < -0.39 is 0 Å². The normalized spacial score (nSPS) is 12.2. The first-order chi connectivity index (χ1) is 7.20. The molecule has 1 rings (SSSR count). The largest absolute Gasteiger partial charge is 0.466 e. The van der Waals surface area contributed by atoms with Gasteiger partial charge in [0.15, 0.2) is 0 Å². The van der Waals surface area contributed by atoms with Gasteiger partial charge in [0.2, 0.25) is 0 Å². The maximum atomic E-state index is 11.7. The van der Waals surface area contributed by atoms with Crippen LogP contribution in [0.4, 0.5) is 0 Å². The molecular weight excluding hydrogens is 190 g/mol. The van der Waals surface area contributed by atoms with Gasteiger partial charge in [0.05, 0.1) is 12.5 Å². The summed E-state index contributed by atoms with van der Waals surface area (Å²) >= 11 is 0. The van der Waals surface area contributed by atoms with E-state index in [2.05, 4.69) is 4.98 Å². The standard InChI is InChI=1S/C12H17NO2/c1-4-10(12(14)15-5-2)11-6-7-13-8-9(11)3/h6-8,10H,4-5H2,1-3H3. The molecule has 1 heterocycles. The van der Waals surface area contributed by atoms with Crippen LogP contribution in [0.15, 0.2) is 18.5 Å². The maximum absolute atomic E-state index is 11.7. The van der Waals surface area contributed by atoms with Gasteiger partial charge in [0, 0.05) is 12.4 Å². The zero-order valence-corrected chi connectivity index (χ0v) is 9.49. The molecule has 3 nitrogen and oxygen atoms in total. The zero-order chi connectivity index (χ0) is 11.3. The molecule has 0 aliphatic heterocycles. The molecule has 1 unspecified atom stereocenters. The Labute approximate surface area is 90.5 Å². The molecular formula is C12H17NO2. The summed E-state index contributed by atoms with van der Waals surface area (Å²) < 4.78 is 5.04. The molecule has 0 saturated heterocycles. The van der Waals surface area contributed by atoms with E-state index in [-0.39, 0.29) is 11.9 Å². The Kier molecular flexibility index (Phi) is 4.28. The number of aromatic nitrogens is 1. The Morgan fingerprint density at radius 3 is 2.80 bits per heavy atom. The molecule has 1 atom stereocenters. The smallest absolute Gasteiger partial charge is 0.313 e. The first kappa shape index (κ1) is 11.7. The number of hydrogen-bond donors (Lipinski definition) is 0. The molecule has 0 radical (unpaired) electrons. The van der Waals surface area contributed by atoms with Crippen LogP contribution in [-0.4, -0.2) is 17.6 Å². The van der Waals surface area contributed by atoms with Crippen molar-refractivity contribution in [3.63, 3.8) is 0 Å². The minimum absolute atomic E-state index is 0.144. The van der Waals surface area contributed by atoms with E-state index in [1.807, 2.05) is 26.8 Å². The molecule has 15 heavy (non-hydrogen) atoms. The average molecular weight is 207 g/mol. The number of hydrogen-bond acceptors (Lipinski definition) is 3. The molecule has 0 bridgehead atoms. The Morgan fingerprint density at radius 2 is 2.27 bits per heavy atom. The molecule has 0 spiro atoms. The highest BCUT2D eigenvalue weighted by Crippen LogP contribution is 2.23. The summed E-state index contributed by atoms with van der Waals surface area (Å²) in [6.45, 7) is 6.20. The quantitative estimate of drug-likeness (QED) is 0.712. The van der Waals surface area contributed by atoms with Gasteiger partial charge in [-0.1, -0.05) is 6.92 Å². The van der Waals surface area contributed by atoms with Crippen molar-refractivity contribution < 1.29 is 9.53 Å². The molecule has 0 aliphatic rings. The van der Waals surface area contributed by atoms with Crippen LogP contribution < -0.4 is 0 Å². The van der Waals surface area contributed by atoms with Crippen molar-refractivity contribution in [2.75, 3.05) is 6.61 Å². The van der Waals surface area contributed by atoms with Crippen molar-refractivity contribution in [2.24, 2.45) is 0 Å². The van der Waals surface area contributed by atoms with Crippen molar-refractivity contribution in [2.45, 2.75) is 33.1 Å². The highest BCUT2D eigenvalue weighted by molar-refractivity contribution is 5.78. The van der Waals surface area contributed by atoms with Crippen LogP contribution in [0.1, 0.15) is 37.3 Å². The van der Waals surface area contributed by atoms with Gasteiger partial charge < -0.3 is 4.74 Å². The molecule has 0 aliphatic carbocycles. The fourth-order valence-corrected chi connectivity index (χ4v) is 1.63. The minimum Gasteiger partial charge on any atom is -0.466 e. The number of aryl methyl sites for hydroxylation is 1. The fourth-order valence-electron chi connectivity index (χ4n) is 1.63. The highest BCUT2D eigenvalue weighted by Gasteiger charge is 2.21. The number of esters is 1. The molecule has 82 valence electrons. The Bertz CT molecular complexity index is 336. The number of ether oxygens (including phenoxy) is 1. The molecule has 0 N–H and O–H groups in total. The first-order valence-corrected chi connectivity index (χ1v) is 5.27. The van der Waals surface area contributed by atoms with Crippen LogP contribution in [0.5, 0.6) is 0 Å². The van der Waals surface area contributed by atoms with Crippen molar-refractivity contribution >= 4 is 5.97 Å². The van der Waals surface area contributed by atoms with Gasteiger partial charge >= 0.3 is 5.97 Å². The summed E-state index contributed by atoms with van der Waals surface area (Å²) in [5.41, 5.74) is 2.06. The van der Waals surface area contributed by atoms with E-state index >= 15 is 0 Å². The zero-order valence-electron chi connectivity index (χ0n) is 9.49. The van der Waals surface area contributed by atoms with Crippen LogP contribution in [0.2, 0.25) is 0 Å². The number of nitrogens with zero attached hydrogens (tertiary/aromatic N) is 1. The third kappa shape index (κ3) is 2.78. The van der Waals surface area contributed by atoms with Crippen molar-refractivity contribution in [3.05, 3.63) is 29.6 Å². The second kappa shape index (κ2) is 5.49. The maximum Gasteiger partial charge on any atom is 0.313 e. The van der Waals surface area contributed by atoms with Gasteiger partial charge in [-0.15, -0.1) is 0 Å². The fraction of sp³-hybridized carbons (Fsp3) is 0.500. The van der Waals surface area contributed by atoms with E-state index in [0.29, 0.717) is 6.61 Å².